The molecule has 5 heteroatoms. The number of guanidine groups is 1. The summed E-state index contributed by atoms with van der Waals surface area (Å²) < 4.78 is 4.02. The number of likely N-dealkylation sites (N-methyl/N-ethyl adjacent to an activating group) is 1. The Bertz CT molecular complexity index is 1040. The summed E-state index contributed by atoms with van der Waals surface area (Å²) in [4.78, 5) is 15.0. The van der Waals surface area contributed by atoms with Gasteiger partial charge >= 0.3 is 5.96 Å². The topological polar surface area (TPSA) is 70.2 Å². The molecular weight excluding hydrogens is 360 g/mol. The summed E-state index contributed by atoms with van der Waals surface area (Å²) in [7, 11) is 1.71. The van der Waals surface area contributed by atoms with Crippen molar-refractivity contribution >= 4 is 18.6 Å². The van der Waals surface area contributed by atoms with Gasteiger partial charge < -0.3 is 0 Å². The SMILES string of the molecule is C=[N+]=C1N[C@](C)(c2cccc(C#N)c2)[C@@H](c2ccc(C3CCC3)cc2)C(=O)N1C. The van der Waals surface area contributed by atoms with Gasteiger partial charge in [0.05, 0.1) is 18.7 Å². The van der Waals surface area contributed by atoms with E-state index in [-0.39, 0.29) is 5.91 Å². The van der Waals surface area contributed by atoms with E-state index < -0.39 is 11.5 Å². The van der Waals surface area contributed by atoms with Crippen molar-refractivity contribution in [3.05, 3.63) is 70.8 Å². The third kappa shape index (κ3) is 3.12. The van der Waals surface area contributed by atoms with E-state index in [1.807, 2.05) is 25.1 Å². The average molecular weight is 385 g/mol. The molecule has 2 aliphatic rings. The van der Waals surface area contributed by atoms with Crippen LogP contribution in [0.25, 0.3) is 0 Å². The lowest BCUT2D eigenvalue weighted by Gasteiger charge is -2.40. The second-order valence-corrected chi connectivity index (χ2v) is 8.13. The second-order valence-electron chi connectivity index (χ2n) is 8.13. The third-order valence-electron chi connectivity index (χ3n) is 6.43. The quantitative estimate of drug-likeness (QED) is 0.652. The van der Waals surface area contributed by atoms with Crippen molar-refractivity contribution in [2.45, 2.75) is 43.6 Å². The first kappa shape index (κ1) is 19.0. The zero-order valence-corrected chi connectivity index (χ0v) is 16.9. The van der Waals surface area contributed by atoms with Gasteiger partial charge in [0.15, 0.2) is 0 Å². The van der Waals surface area contributed by atoms with E-state index in [1.54, 1.807) is 13.1 Å². The van der Waals surface area contributed by atoms with Crippen LogP contribution in [0.1, 0.15) is 60.3 Å². The van der Waals surface area contributed by atoms with Crippen molar-refractivity contribution in [3.8, 4) is 6.07 Å². The molecule has 146 valence electrons. The Balaban J connectivity index is 1.81. The van der Waals surface area contributed by atoms with Gasteiger partial charge in [-0.25, -0.2) is 0 Å². The molecule has 2 fully saturated rings. The predicted octanol–water partition coefficient (Wildman–Crippen LogP) is 3.01. The number of amides is 1. The van der Waals surface area contributed by atoms with Crippen molar-refractivity contribution in [3.63, 3.8) is 0 Å². The minimum atomic E-state index is -0.759. The molecule has 2 aromatic rings. The molecule has 1 N–H and O–H groups in total. The highest BCUT2D eigenvalue weighted by Crippen LogP contribution is 2.42. The highest BCUT2D eigenvalue weighted by molar-refractivity contribution is 6.03. The van der Waals surface area contributed by atoms with Crippen molar-refractivity contribution in [1.29, 1.82) is 5.26 Å². The standard InChI is InChI=1S/C24H24N4O/c1-24(20-9-4-6-16(14-20)15-25)21(22(29)28(3)23(26-2)27-24)19-12-10-18(11-13-19)17-7-5-8-17/h4,6,9-14,17,21H,2,5,7-8H2,1,3H3/p+1/t21-,24+/m0/s1. The van der Waals surface area contributed by atoms with E-state index in [0.717, 1.165) is 11.1 Å². The molecular formula is C24H25N4O+. The van der Waals surface area contributed by atoms with Crippen LogP contribution in [0, 0.1) is 11.3 Å². The first-order chi connectivity index (χ1) is 14.0. The van der Waals surface area contributed by atoms with Crippen molar-refractivity contribution in [2.75, 3.05) is 7.05 Å². The van der Waals surface area contributed by atoms with Gasteiger partial charge in [-0.2, -0.15) is 10.2 Å². The van der Waals surface area contributed by atoms with E-state index in [2.05, 4.69) is 47.0 Å². The monoisotopic (exact) mass is 385 g/mol. The maximum atomic E-state index is 13.4. The first-order valence-electron chi connectivity index (χ1n) is 9.98. The van der Waals surface area contributed by atoms with Gasteiger partial charge in [-0.15, -0.1) is 0 Å². The smallest absolute Gasteiger partial charge is 0.255 e. The normalized spacial score (nSPS) is 24.3. The van der Waals surface area contributed by atoms with Crippen LogP contribution in [0.2, 0.25) is 0 Å². The van der Waals surface area contributed by atoms with Crippen LogP contribution in [0.5, 0.6) is 0 Å². The van der Waals surface area contributed by atoms with E-state index >= 15 is 0 Å². The number of nitriles is 1. The number of rotatable bonds is 3. The highest BCUT2D eigenvalue weighted by Gasteiger charge is 2.54. The lowest BCUT2D eigenvalue weighted by atomic mass is 9.72. The molecule has 1 heterocycles. The molecule has 0 bridgehead atoms. The summed E-state index contributed by atoms with van der Waals surface area (Å²) in [6, 6.07) is 18.0. The maximum absolute atomic E-state index is 13.4. The van der Waals surface area contributed by atoms with Crippen molar-refractivity contribution in [1.82, 2.24) is 14.9 Å². The van der Waals surface area contributed by atoms with Gasteiger partial charge in [0.2, 0.25) is 0 Å². The fraction of sp³-hybridized carbons (Fsp3) is 0.333. The molecule has 0 spiro atoms. The predicted molar refractivity (Wildman–Crippen MR) is 114 cm³/mol. The summed E-state index contributed by atoms with van der Waals surface area (Å²) in [5, 5.41) is 12.8. The number of hydrogen-bond acceptors (Lipinski definition) is 2. The van der Waals surface area contributed by atoms with Crippen molar-refractivity contribution in [2.24, 2.45) is 0 Å². The maximum Gasteiger partial charge on any atom is 0.448 e. The van der Waals surface area contributed by atoms with E-state index in [9.17, 15) is 10.1 Å². The minimum absolute atomic E-state index is 0.0487. The fourth-order valence-electron chi connectivity index (χ4n) is 4.41. The van der Waals surface area contributed by atoms with Crippen LogP contribution in [0.15, 0.2) is 48.5 Å². The molecule has 29 heavy (non-hydrogen) atoms. The number of benzene rings is 2. The summed E-state index contributed by atoms with van der Waals surface area (Å²) in [5.74, 6) is 0.562. The summed E-state index contributed by atoms with van der Waals surface area (Å²) in [6.07, 6.45) is 3.78. The first-order valence-corrected chi connectivity index (χ1v) is 9.98. The zero-order chi connectivity index (χ0) is 20.6. The van der Waals surface area contributed by atoms with Crippen LogP contribution in [0.4, 0.5) is 0 Å². The molecule has 1 aliphatic heterocycles. The largest absolute Gasteiger partial charge is 0.448 e. The van der Waals surface area contributed by atoms with Crippen LogP contribution >= 0.6 is 0 Å². The molecule has 2 aromatic carbocycles. The Kier molecular flexibility index (Phi) is 4.74. The number of hydrogen-bond donors (Lipinski definition) is 1. The van der Waals surface area contributed by atoms with Crippen LogP contribution in [-0.2, 0) is 10.3 Å². The Labute approximate surface area is 171 Å². The Morgan fingerprint density at radius 2 is 1.90 bits per heavy atom. The van der Waals surface area contributed by atoms with E-state index in [1.165, 1.54) is 29.7 Å². The molecule has 0 radical (unpaired) electrons. The van der Waals surface area contributed by atoms with Crippen LogP contribution in [-0.4, -0.2) is 30.5 Å². The molecule has 0 aromatic heterocycles. The lowest BCUT2D eigenvalue weighted by Crippen LogP contribution is -2.63. The Morgan fingerprint density at radius 3 is 2.48 bits per heavy atom. The van der Waals surface area contributed by atoms with Crippen molar-refractivity contribution < 1.29 is 4.79 Å². The molecule has 2 atom stereocenters. The molecule has 4 rings (SSSR count). The Morgan fingerprint density at radius 1 is 1.21 bits per heavy atom. The molecule has 0 unspecified atom stereocenters. The Hall–Kier alpha value is -3.35. The fourth-order valence-corrected chi connectivity index (χ4v) is 4.41. The molecule has 1 saturated carbocycles. The highest BCUT2D eigenvalue weighted by atomic mass is 16.2. The second kappa shape index (κ2) is 7.24. The number of nitrogens with zero attached hydrogens (tertiary/aromatic N) is 3. The third-order valence-corrected chi connectivity index (χ3v) is 6.43. The van der Waals surface area contributed by atoms with Gasteiger partial charge in [0, 0.05) is 0 Å². The van der Waals surface area contributed by atoms with Gasteiger partial charge in [0.25, 0.3) is 5.91 Å². The van der Waals surface area contributed by atoms with Gasteiger partial charge in [-0.1, -0.05) is 42.8 Å². The number of carbonyl (C=O) groups excluding carboxylic acids is 1. The number of nitrogens with one attached hydrogen (secondary N) is 1. The molecule has 1 saturated heterocycles. The van der Waals surface area contributed by atoms with Gasteiger partial charge in [-0.05, 0) is 54.5 Å². The molecule has 1 amide bonds. The minimum Gasteiger partial charge on any atom is -0.255 e. The summed E-state index contributed by atoms with van der Waals surface area (Å²) in [6.45, 7) is 5.60. The lowest BCUT2D eigenvalue weighted by molar-refractivity contribution is -0.131. The van der Waals surface area contributed by atoms with Crippen LogP contribution in [0.3, 0.4) is 0 Å². The molecule has 5 nitrogen and oxygen atoms in total. The summed E-state index contributed by atoms with van der Waals surface area (Å²) >= 11 is 0. The van der Waals surface area contributed by atoms with Gasteiger partial charge in [-0.3, -0.25) is 14.8 Å². The van der Waals surface area contributed by atoms with Gasteiger partial charge in [0.1, 0.15) is 18.2 Å². The van der Waals surface area contributed by atoms with E-state index in [0.29, 0.717) is 17.4 Å². The van der Waals surface area contributed by atoms with Crippen LogP contribution < -0.4 is 9.98 Å². The summed E-state index contributed by atoms with van der Waals surface area (Å²) in [5.41, 5.74) is 2.96. The van der Waals surface area contributed by atoms with E-state index in [4.69, 9.17) is 0 Å². The zero-order valence-electron chi connectivity index (χ0n) is 16.9. The average Bonchev–Trinajstić information content (AvgIpc) is 2.71. The number of carbonyl (C=O) groups is 1. The molecule has 1 aliphatic carbocycles.